The maximum absolute atomic E-state index is 4.56. The highest BCUT2D eigenvalue weighted by molar-refractivity contribution is 6.01. The second kappa shape index (κ2) is 7.26. The Hall–Kier alpha value is -4.18. The summed E-state index contributed by atoms with van der Waals surface area (Å²) in [5.41, 5.74) is 8.16. The molecule has 1 N–H and O–H groups in total. The lowest BCUT2D eigenvalue weighted by atomic mass is 9.81. The van der Waals surface area contributed by atoms with Gasteiger partial charge in [-0.3, -0.25) is 0 Å². The lowest BCUT2D eigenvalue weighted by molar-refractivity contribution is 0.611. The Bertz CT molecular complexity index is 1330. The van der Waals surface area contributed by atoms with Crippen LogP contribution in [0, 0.1) is 0 Å². The van der Waals surface area contributed by atoms with Gasteiger partial charge < -0.3 is 5.32 Å². The summed E-state index contributed by atoms with van der Waals surface area (Å²) in [6, 6.07) is 31.5. The second-order valence-electron chi connectivity index (χ2n) is 7.66. The van der Waals surface area contributed by atoms with Crippen molar-refractivity contribution in [3.63, 3.8) is 0 Å². The van der Waals surface area contributed by atoms with E-state index in [1.807, 2.05) is 16.8 Å². The highest BCUT2D eigenvalue weighted by Crippen LogP contribution is 2.46. The highest BCUT2D eigenvalue weighted by atomic mass is 15.4. The number of fused-ring (bicyclic) bond motifs is 3. The summed E-state index contributed by atoms with van der Waals surface area (Å²) >= 11 is 0. The summed E-state index contributed by atoms with van der Waals surface area (Å²) in [7, 11) is 0. The van der Waals surface area contributed by atoms with E-state index < -0.39 is 0 Å². The maximum Gasteiger partial charge on any atom is 0.226 e. The van der Waals surface area contributed by atoms with E-state index in [1.165, 1.54) is 27.8 Å². The smallest absolute Gasteiger partial charge is 0.226 e. The zero-order chi connectivity index (χ0) is 20.6. The molecule has 3 aromatic carbocycles. The number of benzene rings is 3. The van der Waals surface area contributed by atoms with E-state index in [2.05, 4.69) is 106 Å². The minimum absolute atomic E-state index is 0.0515. The molecule has 148 valence electrons. The van der Waals surface area contributed by atoms with Gasteiger partial charge in [-0.05, 0) is 40.0 Å². The van der Waals surface area contributed by atoms with E-state index in [0.29, 0.717) is 0 Å². The predicted octanol–water partition coefficient (Wildman–Crippen LogP) is 5.84. The fraction of sp³-hybridized carbons (Fsp3) is 0.0370. The number of nitrogens with zero attached hydrogens (tertiary/aromatic N) is 3. The van der Waals surface area contributed by atoms with Crippen LogP contribution < -0.4 is 5.32 Å². The van der Waals surface area contributed by atoms with E-state index in [0.717, 1.165) is 17.2 Å². The van der Waals surface area contributed by atoms with Crippen LogP contribution in [-0.4, -0.2) is 14.8 Å². The van der Waals surface area contributed by atoms with Gasteiger partial charge in [-0.1, -0.05) is 91.0 Å². The van der Waals surface area contributed by atoms with E-state index >= 15 is 0 Å². The van der Waals surface area contributed by atoms with Crippen molar-refractivity contribution in [3.05, 3.63) is 132 Å². The number of hydrogen-bond donors (Lipinski definition) is 1. The molecule has 2 heterocycles. The highest BCUT2D eigenvalue weighted by Gasteiger charge is 2.33. The molecule has 1 atom stereocenters. The van der Waals surface area contributed by atoms with E-state index in [4.69, 9.17) is 0 Å². The molecule has 1 unspecified atom stereocenters. The minimum atomic E-state index is -0.0515. The molecule has 6 rings (SSSR count). The molecule has 4 aromatic rings. The molecule has 1 aromatic heterocycles. The average molecular weight is 400 g/mol. The molecule has 2 aliphatic rings. The van der Waals surface area contributed by atoms with Crippen LogP contribution in [0.15, 0.2) is 115 Å². The standard InChI is InChI=1S/C27H20N4/c1-4-10-19(11-5-1)22-16-23(20-12-6-2-7-13-20)25-24(17-22)31-27(28-18-29-31)30-26(25)21-14-8-3-9-15-21/h1-18,24H,(H,28,29,30). The molecule has 1 aliphatic carbocycles. The van der Waals surface area contributed by atoms with Crippen molar-refractivity contribution >= 4 is 22.8 Å². The van der Waals surface area contributed by atoms with Crippen molar-refractivity contribution in [1.29, 1.82) is 0 Å². The van der Waals surface area contributed by atoms with Crippen LogP contribution in [0.4, 0.5) is 5.95 Å². The van der Waals surface area contributed by atoms with Gasteiger partial charge in [-0.2, -0.15) is 10.1 Å². The largest absolute Gasteiger partial charge is 0.323 e. The van der Waals surface area contributed by atoms with Crippen molar-refractivity contribution < 1.29 is 0 Å². The van der Waals surface area contributed by atoms with Crippen molar-refractivity contribution in [3.8, 4) is 0 Å². The molecule has 1 aliphatic heterocycles. The zero-order valence-electron chi connectivity index (χ0n) is 16.8. The number of aromatic nitrogens is 3. The van der Waals surface area contributed by atoms with Crippen molar-refractivity contribution in [2.75, 3.05) is 5.32 Å². The van der Waals surface area contributed by atoms with Crippen molar-refractivity contribution in [2.45, 2.75) is 6.04 Å². The molecule has 31 heavy (non-hydrogen) atoms. The summed E-state index contributed by atoms with van der Waals surface area (Å²) < 4.78 is 1.97. The molecule has 0 saturated carbocycles. The Balaban J connectivity index is 1.64. The predicted molar refractivity (Wildman–Crippen MR) is 125 cm³/mol. The first-order valence-corrected chi connectivity index (χ1v) is 10.4. The first-order chi connectivity index (χ1) is 15.4. The van der Waals surface area contributed by atoms with Gasteiger partial charge >= 0.3 is 0 Å². The average Bonchev–Trinajstić information content (AvgIpc) is 3.34. The molecule has 0 saturated heterocycles. The van der Waals surface area contributed by atoms with Gasteiger partial charge in [-0.25, -0.2) is 4.68 Å². The summed E-state index contributed by atoms with van der Waals surface area (Å²) in [6.45, 7) is 0. The molecule has 0 spiro atoms. The molecule has 4 nitrogen and oxygen atoms in total. The number of anilines is 1. The number of rotatable bonds is 3. The first-order valence-electron chi connectivity index (χ1n) is 10.4. The molecule has 0 radical (unpaired) electrons. The van der Waals surface area contributed by atoms with Gasteiger partial charge in [0, 0.05) is 5.57 Å². The maximum atomic E-state index is 4.56. The zero-order valence-corrected chi connectivity index (χ0v) is 16.8. The third-order valence-electron chi connectivity index (χ3n) is 5.82. The Kier molecular flexibility index (Phi) is 4.13. The fourth-order valence-electron chi connectivity index (χ4n) is 4.39. The Morgan fingerprint density at radius 1 is 0.710 bits per heavy atom. The summed E-state index contributed by atoms with van der Waals surface area (Å²) in [6.07, 6.45) is 6.20. The monoisotopic (exact) mass is 400 g/mol. The molecular formula is C27H20N4. The van der Waals surface area contributed by atoms with Gasteiger partial charge in [-0.15, -0.1) is 0 Å². The van der Waals surface area contributed by atoms with Gasteiger partial charge in [0.15, 0.2) is 0 Å². The third kappa shape index (κ3) is 3.01. The van der Waals surface area contributed by atoms with E-state index in [9.17, 15) is 0 Å². The van der Waals surface area contributed by atoms with Gasteiger partial charge in [0.1, 0.15) is 12.4 Å². The van der Waals surface area contributed by atoms with Crippen LogP contribution in [0.25, 0.3) is 16.8 Å². The molecule has 0 amide bonds. The topological polar surface area (TPSA) is 42.7 Å². The summed E-state index contributed by atoms with van der Waals surface area (Å²) in [4.78, 5) is 4.48. The number of hydrogen-bond acceptors (Lipinski definition) is 3. The molecule has 0 fully saturated rings. The molecular weight excluding hydrogens is 380 g/mol. The number of allylic oxidation sites excluding steroid dienone is 5. The summed E-state index contributed by atoms with van der Waals surface area (Å²) in [5.74, 6) is 0.755. The number of nitrogens with one attached hydrogen (secondary N) is 1. The van der Waals surface area contributed by atoms with E-state index in [-0.39, 0.29) is 6.04 Å². The molecule has 4 heteroatoms. The fourth-order valence-corrected chi connectivity index (χ4v) is 4.39. The quantitative estimate of drug-likeness (QED) is 0.470. The van der Waals surface area contributed by atoms with Crippen molar-refractivity contribution in [1.82, 2.24) is 14.8 Å². The second-order valence-corrected chi connectivity index (χ2v) is 7.66. The van der Waals surface area contributed by atoms with Crippen molar-refractivity contribution in [2.24, 2.45) is 0 Å². The van der Waals surface area contributed by atoms with Crippen LogP contribution in [0.2, 0.25) is 0 Å². The SMILES string of the molecule is C1=C(c2ccccc2)C=C(c2ccccc2)C2=C(c3ccccc3)Nc3ncnn3C12. The Labute approximate surface area is 180 Å². The first kappa shape index (κ1) is 17.7. The Morgan fingerprint density at radius 2 is 1.32 bits per heavy atom. The lowest BCUT2D eigenvalue weighted by Gasteiger charge is -2.33. The molecule has 0 bridgehead atoms. The van der Waals surface area contributed by atoms with Crippen LogP contribution in [0.5, 0.6) is 0 Å². The van der Waals surface area contributed by atoms with Crippen LogP contribution >= 0.6 is 0 Å². The van der Waals surface area contributed by atoms with Crippen LogP contribution in [-0.2, 0) is 0 Å². The Morgan fingerprint density at radius 3 is 2.00 bits per heavy atom. The summed E-state index contributed by atoms with van der Waals surface area (Å²) in [5, 5.41) is 8.11. The van der Waals surface area contributed by atoms with Gasteiger partial charge in [0.25, 0.3) is 0 Å². The van der Waals surface area contributed by atoms with E-state index in [1.54, 1.807) is 6.33 Å². The normalized spacial score (nSPS) is 17.2. The van der Waals surface area contributed by atoms with Crippen LogP contribution in [0.1, 0.15) is 22.7 Å². The van der Waals surface area contributed by atoms with Crippen LogP contribution in [0.3, 0.4) is 0 Å². The lowest BCUT2D eigenvalue weighted by Crippen LogP contribution is -2.25. The third-order valence-corrected chi connectivity index (χ3v) is 5.82. The van der Waals surface area contributed by atoms with Gasteiger partial charge in [0.05, 0.1) is 5.70 Å². The van der Waals surface area contributed by atoms with Gasteiger partial charge in [0.2, 0.25) is 5.95 Å². The minimum Gasteiger partial charge on any atom is -0.323 e.